The van der Waals surface area contributed by atoms with Crippen LogP contribution in [-0.4, -0.2) is 44.7 Å². The Bertz CT molecular complexity index is 938. The predicted molar refractivity (Wildman–Crippen MR) is 96.0 cm³/mol. The fourth-order valence-electron chi connectivity index (χ4n) is 3.38. The average molecular weight is 351 g/mol. The second-order valence-electron chi connectivity index (χ2n) is 6.78. The van der Waals surface area contributed by atoms with E-state index in [1.807, 2.05) is 32.0 Å². The molecule has 7 heteroatoms. The van der Waals surface area contributed by atoms with Gasteiger partial charge in [0, 0.05) is 30.1 Å². The van der Waals surface area contributed by atoms with E-state index in [1.165, 1.54) is 5.56 Å². The molecule has 0 bridgehead atoms. The second kappa shape index (κ2) is 6.84. The minimum Gasteiger partial charge on any atom is -0.379 e. The molecule has 0 aliphatic carbocycles. The third kappa shape index (κ3) is 3.30. The zero-order valence-corrected chi connectivity index (χ0v) is 14.8. The first kappa shape index (κ1) is 16.7. The molecule has 1 amide bonds. The monoisotopic (exact) mass is 351 g/mol. The van der Waals surface area contributed by atoms with E-state index in [0.29, 0.717) is 24.6 Å². The lowest BCUT2D eigenvalue weighted by Crippen LogP contribution is -2.41. The van der Waals surface area contributed by atoms with Crippen LogP contribution in [-0.2, 0) is 11.2 Å². The van der Waals surface area contributed by atoms with Crippen molar-refractivity contribution < 1.29 is 9.53 Å². The summed E-state index contributed by atoms with van der Waals surface area (Å²) < 4.78 is 7.36. The molecule has 4 rings (SSSR count). The number of aromatic nitrogens is 4. The van der Waals surface area contributed by atoms with Gasteiger partial charge in [0.15, 0.2) is 5.65 Å². The largest absolute Gasteiger partial charge is 0.379 e. The number of carbonyl (C=O) groups is 1. The molecule has 4 heterocycles. The molecule has 0 spiro atoms. The maximum absolute atomic E-state index is 12.7. The third-order valence-corrected chi connectivity index (χ3v) is 4.72. The molecule has 2 atom stereocenters. The van der Waals surface area contributed by atoms with E-state index in [-0.39, 0.29) is 17.9 Å². The van der Waals surface area contributed by atoms with Crippen molar-refractivity contribution in [1.29, 1.82) is 0 Å². The van der Waals surface area contributed by atoms with Gasteiger partial charge in [-0.2, -0.15) is 5.10 Å². The quantitative estimate of drug-likeness (QED) is 0.774. The fraction of sp³-hybridized carbons (Fsp3) is 0.368. The SMILES string of the molecule is Cc1cc2nc(C(=O)N[C@@H]3COC[C@H]3Cc3ccncc3)cc(C)n2n1. The van der Waals surface area contributed by atoms with Gasteiger partial charge in [-0.1, -0.05) is 0 Å². The summed E-state index contributed by atoms with van der Waals surface area (Å²) in [6.07, 6.45) is 4.42. The molecule has 3 aromatic rings. The van der Waals surface area contributed by atoms with E-state index < -0.39 is 0 Å². The molecule has 1 N–H and O–H groups in total. The molecular formula is C19H21N5O2. The lowest BCUT2D eigenvalue weighted by atomic mass is 9.95. The summed E-state index contributed by atoms with van der Waals surface area (Å²) in [5, 5.41) is 7.47. The van der Waals surface area contributed by atoms with Gasteiger partial charge in [0.25, 0.3) is 5.91 Å². The molecule has 26 heavy (non-hydrogen) atoms. The molecule has 1 aliphatic heterocycles. The van der Waals surface area contributed by atoms with Crippen molar-refractivity contribution in [2.75, 3.05) is 13.2 Å². The summed E-state index contributed by atoms with van der Waals surface area (Å²) in [4.78, 5) is 21.2. The number of nitrogens with one attached hydrogen (secondary N) is 1. The number of ether oxygens (including phenoxy) is 1. The van der Waals surface area contributed by atoms with E-state index in [9.17, 15) is 4.79 Å². The van der Waals surface area contributed by atoms with Gasteiger partial charge in [-0.3, -0.25) is 9.78 Å². The van der Waals surface area contributed by atoms with Crippen molar-refractivity contribution in [2.24, 2.45) is 5.92 Å². The number of hydrogen-bond donors (Lipinski definition) is 1. The molecule has 1 saturated heterocycles. The van der Waals surface area contributed by atoms with E-state index in [2.05, 4.69) is 20.4 Å². The van der Waals surface area contributed by atoms with Crippen molar-refractivity contribution in [1.82, 2.24) is 24.9 Å². The Kier molecular flexibility index (Phi) is 4.38. The van der Waals surface area contributed by atoms with Crippen LogP contribution in [0, 0.1) is 19.8 Å². The highest BCUT2D eigenvalue weighted by Gasteiger charge is 2.30. The highest BCUT2D eigenvalue weighted by atomic mass is 16.5. The molecule has 0 aromatic carbocycles. The van der Waals surface area contributed by atoms with E-state index in [1.54, 1.807) is 23.0 Å². The lowest BCUT2D eigenvalue weighted by molar-refractivity contribution is 0.0920. The maximum Gasteiger partial charge on any atom is 0.270 e. The Balaban J connectivity index is 1.50. The molecule has 3 aromatic heterocycles. The van der Waals surface area contributed by atoms with Crippen LogP contribution in [0.15, 0.2) is 36.7 Å². The van der Waals surface area contributed by atoms with Crippen LogP contribution in [0.3, 0.4) is 0 Å². The number of rotatable bonds is 4. The maximum atomic E-state index is 12.7. The number of fused-ring (bicyclic) bond motifs is 1. The van der Waals surface area contributed by atoms with Crippen molar-refractivity contribution in [2.45, 2.75) is 26.3 Å². The van der Waals surface area contributed by atoms with Gasteiger partial charge in [0.1, 0.15) is 5.69 Å². The van der Waals surface area contributed by atoms with Crippen LogP contribution in [0.5, 0.6) is 0 Å². The molecule has 1 aliphatic rings. The van der Waals surface area contributed by atoms with Crippen LogP contribution in [0.25, 0.3) is 5.65 Å². The minimum atomic E-state index is -0.176. The van der Waals surface area contributed by atoms with Crippen LogP contribution >= 0.6 is 0 Å². The normalized spacial score (nSPS) is 19.8. The zero-order valence-electron chi connectivity index (χ0n) is 14.8. The first-order chi connectivity index (χ1) is 12.6. The Morgan fingerprint density at radius 1 is 1.27 bits per heavy atom. The standard InChI is InChI=1S/C19H21N5O2/c1-12-7-18-21-16(8-13(2)24(18)23-12)19(25)22-17-11-26-10-15(17)9-14-3-5-20-6-4-14/h3-8,15,17H,9-11H2,1-2H3,(H,22,25)/t15-,17-/m1/s1. The van der Waals surface area contributed by atoms with E-state index >= 15 is 0 Å². The summed E-state index contributed by atoms with van der Waals surface area (Å²) in [6, 6.07) is 7.60. The van der Waals surface area contributed by atoms with Crippen LogP contribution in [0.2, 0.25) is 0 Å². The fourth-order valence-corrected chi connectivity index (χ4v) is 3.38. The number of hydrogen-bond acceptors (Lipinski definition) is 5. The summed E-state index contributed by atoms with van der Waals surface area (Å²) in [5.41, 5.74) is 4.04. The van der Waals surface area contributed by atoms with Gasteiger partial charge in [-0.05, 0) is 44.0 Å². The summed E-state index contributed by atoms with van der Waals surface area (Å²) in [5.74, 6) is 0.0630. The average Bonchev–Trinajstić information content (AvgIpc) is 3.22. The zero-order chi connectivity index (χ0) is 18.1. The van der Waals surface area contributed by atoms with Crippen molar-refractivity contribution in [3.63, 3.8) is 0 Å². The van der Waals surface area contributed by atoms with Crippen LogP contribution in [0.1, 0.15) is 27.4 Å². The lowest BCUT2D eigenvalue weighted by Gasteiger charge is -2.19. The Morgan fingerprint density at radius 3 is 2.88 bits per heavy atom. The van der Waals surface area contributed by atoms with Crippen LogP contribution < -0.4 is 5.32 Å². The van der Waals surface area contributed by atoms with E-state index in [0.717, 1.165) is 17.8 Å². The highest BCUT2D eigenvalue weighted by molar-refractivity contribution is 5.93. The molecule has 0 unspecified atom stereocenters. The summed E-state index contributed by atoms with van der Waals surface area (Å²) in [7, 11) is 0. The van der Waals surface area contributed by atoms with Gasteiger partial charge >= 0.3 is 0 Å². The van der Waals surface area contributed by atoms with Gasteiger partial charge in [-0.25, -0.2) is 9.50 Å². The van der Waals surface area contributed by atoms with Gasteiger partial charge in [0.2, 0.25) is 0 Å². The van der Waals surface area contributed by atoms with Crippen molar-refractivity contribution in [3.8, 4) is 0 Å². The van der Waals surface area contributed by atoms with Crippen molar-refractivity contribution >= 4 is 11.6 Å². The number of pyridine rings is 1. The number of amides is 1. The number of aryl methyl sites for hydroxylation is 2. The summed E-state index contributed by atoms with van der Waals surface area (Å²) in [6.45, 7) is 4.99. The number of carbonyl (C=O) groups excluding carboxylic acids is 1. The minimum absolute atomic E-state index is 0.0272. The molecule has 1 fully saturated rings. The first-order valence-corrected chi connectivity index (χ1v) is 8.71. The van der Waals surface area contributed by atoms with Gasteiger partial charge in [-0.15, -0.1) is 0 Å². The molecule has 0 radical (unpaired) electrons. The number of nitrogens with zero attached hydrogens (tertiary/aromatic N) is 4. The Morgan fingerprint density at radius 2 is 2.08 bits per heavy atom. The Hall–Kier alpha value is -2.80. The van der Waals surface area contributed by atoms with Crippen molar-refractivity contribution in [3.05, 3.63) is 59.3 Å². The van der Waals surface area contributed by atoms with Crippen LogP contribution in [0.4, 0.5) is 0 Å². The highest BCUT2D eigenvalue weighted by Crippen LogP contribution is 2.19. The first-order valence-electron chi connectivity index (χ1n) is 8.71. The molecule has 7 nitrogen and oxygen atoms in total. The Labute approximate surface area is 151 Å². The topological polar surface area (TPSA) is 81.4 Å². The van der Waals surface area contributed by atoms with Gasteiger partial charge < -0.3 is 10.1 Å². The molecule has 134 valence electrons. The molecular weight excluding hydrogens is 330 g/mol. The second-order valence-corrected chi connectivity index (χ2v) is 6.78. The predicted octanol–water partition coefficient (Wildman–Crippen LogP) is 1.73. The van der Waals surface area contributed by atoms with E-state index in [4.69, 9.17) is 4.74 Å². The third-order valence-electron chi connectivity index (χ3n) is 4.72. The summed E-state index contributed by atoms with van der Waals surface area (Å²) >= 11 is 0. The smallest absolute Gasteiger partial charge is 0.270 e. The molecule has 0 saturated carbocycles. The van der Waals surface area contributed by atoms with Gasteiger partial charge in [0.05, 0.1) is 24.9 Å².